The lowest BCUT2D eigenvalue weighted by Gasteiger charge is -2.33. The molecule has 0 bridgehead atoms. The summed E-state index contributed by atoms with van der Waals surface area (Å²) in [5.74, 6) is -0.833. The van der Waals surface area contributed by atoms with Gasteiger partial charge in [0.2, 0.25) is 0 Å². The molecule has 0 aromatic carbocycles. The van der Waals surface area contributed by atoms with Gasteiger partial charge in [0.05, 0.1) is 5.69 Å². The highest BCUT2D eigenvalue weighted by Gasteiger charge is 2.35. The van der Waals surface area contributed by atoms with E-state index in [0.717, 1.165) is 25.9 Å². The van der Waals surface area contributed by atoms with Crippen LogP contribution in [0.1, 0.15) is 57.0 Å². The Hall–Kier alpha value is -1.36. The average Bonchev–Trinajstić information content (AvgIpc) is 2.92. The zero-order chi connectivity index (χ0) is 15.6. The van der Waals surface area contributed by atoms with Crippen LogP contribution in [0.25, 0.3) is 0 Å². The number of hydrogen-bond donors (Lipinski definition) is 2. The molecular formula is C16H27N3O2. The molecule has 1 aromatic heterocycles. The summed E-state index contributed by atoms with van der Waals surface area (Å²) in [5, 5.41) is 14.9. The van der Waals surface area contributed by atoms with Crippen molar-refractivity contribution in [1.29, 1.82) is 0 Å². The van der Waals surface area contributed by atoms with Crippen molar-refractivity contribution in [2.24, 2.45) is 5.41 Å². The smallest absolute Gasteiger partial charge is 0.300 e. The molecule has 2 heterocycles. The highest BCUT2D eigenvalue weighted by atomic mass is 16.4. The summed E-state index contributed by atoms with van der Waals surface area (Å²) in [6.07, 6.45) is 5.24. The van der Waals surface area contributed by atoms with Gasteiger partial charge in [-0.15, -0.1) is 0 Å². The minimum atomic E-state index is -0.833. The number of rotatable bonds is 1. The first-order chi connectivity index (χ1) is 9.78. The molecule has 0 radical (unpaired) electrons. The number of hydrogen-bond acceptors (Lipinski definition) is 3. The number of aromatic amines is 1. The molecule has 0 saturated heterocycles. The van der Waals surface area contributed by atoms with Gasteiger partial charge in [-0.05, 0) is 31.6 Å². The number of aliphatic carboxylic acids is 1. The van der Waals surface area contributed by atoms with Crippen molar-refractivity contribution < 1.29 is 9.90 Å². The molecule has 0 amide bonds. The summed E-state index contributed by atoms with van der Waals surface area (Å²) in [5.41, 5.74) is 4.58. The molecule has 1 aliphatic heterocycles. The van der Waals surface area contributed by atoms with Gasteiger partial charge in [0.15, 0.2) is 0 Å². The molecule has 0 spiro atoms. The Morgan fingerprint density at radius 1 is 1.48 bits per heavy atom. The number of carboxylic acid groups (broad SMARTS) is 1. The van der Waals surface area contributed by atoms with Crippen molar-refractivity contribution in [2.45, 2.75) is 66.0 Å². The van der Waals surface area contributed by atoms with E-state index >= 15 is 0 Å². The second kappa shape index (κ2) is 6.18. The highest BCUT2D eigenvalue weighted by molar-refractivity contribution is 5.62. The quantitative estimate of drug-likeness (QED) is 0.835. The van der Waals surface area contributed by atoms with Crippen LogP contribution in [0.15, 0.2) is 0 Å². The van der Waals surface area contributed by atoms with Gasteiger partial charge in [-0.2, -0.15) is 5.10 Å². The summed E-state index contributed by atoms with van der Waals surface area (Å²) < 4.78 is 0. The van der Waals surface area contributed by atoms with Gasteiger partial charge in [-0.3, -0.25) is 14.8 Å². The SMILES string of the molecule is CC(=O)O.Cc1[nH]nc2c1CN(C1CCC(C)(C)C1)CC2. The third-order valence-electron chi connectivity index (χ3n) is 4.62. The van der Waals surface area contributed by atoms with E-state index in [1.54, 1.807) is 0 Å². The zero-order valence-electron chi connectivity index (χ0n) is 13.6. The molecule has 1 unspecified atom stereocenters. The number of carboxylic acids is 1. The van der Waals surface area contributed by atoms with Gasteiger partial charge in [0.25, 0.3) is 5.97 Å². The first kappa shape index (κ1) is 16.0. The lowest BCUT2D eigenvalue weighted by Crippen LogP contribution is -2.38. The lowest BCUT2D eigenvalue weighted by molar-refractivity contribution is -0.134. The Morgan fingerprint density at radius 3 is 2.71 bits per heavy atom. The number of H-pyrrole nitrogens is 1. The predicted molar refractivity (Wildman–Crippen MR) is 82.2 cm³/mol. The van der Waals surface area contributed by atoms with Crippen LogP contribution in [-0.2, 0) is 17.8 Å². The number of fused-ring (bicyclic) bond motifs is 1. The zero-order valence-corrected chi connectivity index (χ0v) is 13.6. The second-order valence-corrected chi connectivity index (χ2v) is 7.07. The largest absolute Gasteiger partial charge is 0.481 e. The summed E-state index contributed by atoms with van der Waals surface area (Å²) in [4.78, 5) is 11.7. The first-order valence-corrected chi connectivity index (χ1v) is 7.75. The maximum Gasteiger partial charge on any atom is 0.300 e. The van der Waals surface area contributed by atoms with E-state index < -0.39 is 5.97 Å². The van der Waals surface area contributed by atoms with Crippen LogP contribution < -0.4 is 0 Å². The van der Waals surface area contributed by atoms with Gasteiger partial charge in [0.1, 0.15) is 0 Å². The number of carbonyl (C=O) groups is 1. The van der Waals surface area contributed by atoms with E-state index in [1.807, 2.05) is 0 Å². The Bertz CT molecular complexity index is 504. The van der Waals surface area contributed by atoms with E-state index in [4.69, 9.17) is 9.90 Å². The van der Waals surface area contributed by atoms with Crippen molar-refractivity contribution in [3.63, 3.8) is 0 Å². The van der Waals surface area contributed by atoms with Crippen molar-refractivity contribution >= 4 is 5.97 Å². The van der Waals surface area contributed by atoms with Gasteiger partial charge in [-0.1, -0.05) is 13.8 Å². The Morgan fingerprint density at radius 2 is 2.14 bits per heavy atom. The fourth-order valence-electron chi connectivity index (χ4n) is 3.47. The maximum atomic E-state index is 9.00. The average molecular weight is 293 g/mol. The van der Waals surface area contributed by atoms with Crippen molar-refractivity contribution in [3.05, 3.63) is 17.0 Å². The fourth-order valence-corrected chi connectivity index (χ4v) is 3.47. The molecule has 118 valence electrons. The van der Waals surface area contributed by atoms with Crippen LogP contribution in [0, 0.1) is 12.3 Å². The molecule has 1 atom stereocenters. The normalized spacial score (nSPS) is 24.1. The molecule has 1 aromatic rings. The minimum Gasteiger partial charge on any atom is -0.481 e. The monoisotopic (exact) mass is 293 g/mol. The summed E-state index contributed by atoms with van der Waals surface area (Å²) in [6, 6.07) is 0.799. The van der Waals surface area contributed by atoms with Crippen molar-refractivity contribution in [1.82, 2.24) is 15.1 Å². The number of aryl methyl sites for hydroxylation is 1. The van der Waals surface area contributed by atoms with Crippen LogP contribution in [0.4, 0.5) is 0 Å². The molecule has 1 saturated carbocycles. The molecule has 5 heteroatoms. The maximum absolute atomic E-state index is 9.00. The number of aromatic nitrogens is 2. The molecule has 2 aliphatic rings. The second-order valence-electron chi connectivity index (χ2n) is 7.07. The van der Waals surface area contributed by atoms with Crippen LogP contribution in [0.5, 0.6) is 0 Å². The van der Waals surface area contributed by atoms with Gasteiger partial charge in [-0.25, -0.2) is 0 Å². The topological polar surface area (TPSA) is 69.2 Å². The molecule has 1 fully saturated rings. The van der Waals surface area contributed by atoms with Gasteiger partial charge < -0.3 is 5.11 Å². The fraction of sp³-hybridized carbons (Fsp3) is 0.750. The summed E-state index contributed by atoms with van der Waals surface area (Å²) in [6.45, 7) is 10.3. The number of nitrogens with one attached hydrogen (secondary N) is 1. The predicted octanol–water partition coefficient (Wildman–Crippen LogP) is 2.75. The summed E-state index contributed by atoms with van der Waals surface area (Å²) >= 11 is 0. The van der Waals surface area contributed by atoms with Gasteiger partial charge in [0, 0.05) is 43.7 Å². The third kappa shape index (κ3) is 4.06. The number of nitrogens with zero attached hydrogens (tertiary/aromatic N) is 2. The van der Waals surface area contributed by atoms with E-state index in [1.165, 1.54) is 42.8 Å². The minimum absolute atomic E-state index is 0.552. The Kier molecular flexibility index (Phi) is 4.71. The standard InChI is InChI=1S/C14H23N3.C2H4O2/c1-10-12-9-17(7-5-13(12)16-15-10)11-4-6-14(2,3)8-11;1-2(3)4/h11H,4-9H2,1-3H3,(H,15,16);1H3,(H,3,4). The molecule has 21 heavy (non-hydrogen) atoms. The van der Waals surface area contributed by atoms with E-state index in [-0.39, 0.29) is 0 Å². The van der Waals surface area contributed by atoms with E-state index in [0.29, 0.717) is 5.41 Å². The molecule has 1 aliphatic carbocycles. The van der Waals surface area contributed by atoms with Crippen LogP contribution in [-0.4, -0.2) is 38.8 Å². The van der Waals surface area contributed by atoms with Crippen molar-refractivity contribution in [3.8, 4) is 0 Å². The van der Waals surface area contributed by atoms with E-state index in [9.17, 15) is 0 Å². The van der Waals surface area contributed by atoms with E-state index in [2.05, 4.69) is 35.9 Å². The van der Waals surface area contributed by atoms with Crippen LogP contribution in [0.2, 0.25) is 0 Å². The van der Waals surface area contributed by atoms with Crippen molar-refractivity contribution in [2.75, 3.05) is 6.54 Å². The first-order valence-electron chi connectivity index (χ1n) is 7.75. The molecule has 2 N–H and O–H groups in total. The van der Waals surface area contributed by atoms with Crippen LogP contribution in [0.3, 0.4) is 0 Å². The Labute approximate surface area is 126 Å². The Balaban J connectivity index is 0.000000361. The summed E-state index contributed by atoms with van der Waals surface area (Å²) in [7, 11) is 0. The van der Waals surface area contributed by atoms with Crippen LogP contribution >= 0.6 is 0 Å². The lowest BCUT2D eigenvalue weighted by atomic mass is 9.91. The third-order valence-corrected chi connectivity index (χ3v) is 4.62. The highest BCUT2D eigenvalue weighted by Crippen LogP contribution is 2.40. The molecule has 5 nitrogen and oxygen atoms in total. The molecule has 3 rings (SSSR count). The van der Waals surface area contributed by atoms with Gasteiger partial charge >= 0.3 is 0 Å². The molecular weight excluding hydrogens is 266 g/mol.